The first-order chi connectivity index (χ1) is 5.95. The van der Waals surface area contributed by atoms with Crippen LogP contribution in [0.2, 0.25) is 0 Å². The van der Waals surface area contributed by atoms with Crippen LogP contribution in [-0.2, 0) is 10.2 Å². The van der Waals surface area contributed by atoms with Gasteiger partial charge < -0.3 is 5.11 Å². The molecule has 0 heterocycles. The van der Waals surface area contributed by atoms with Gasteiger partial charge in [-0.2, -0.15) is 8.42 Å². The summed E-state index contributed by atoms with van der Waals surface area (Å²) >= 11 is 0. The summed E-state index contributed by atoms with van der Waals surface area (Å²) in [5, 5.41) is 9.21. The minimum atomic E-state index is -4.37. The van der Waals surface area contributed by atoms with E-state index in [0.29, 0.717) is 19.3 Å². The van der Waals surface area contributed by atoms with Gasteiger partial charge in [-0.15, -0.1) is 10.5 Å². The summed E-state index contributed by atoms with van der Waals surface area (Å²) in [6.45, 7) is 3.49. The van der Waals surface area contributed by atoms with Crippen molar-refractivity contribution in [3.63, 3.8) is 0 Å². The van der Waals surface area contributed by atoms with Crippen molar-refractivity contribution >= 4 is 10.2 Å². The molecule has 0 aliphatic heterocycles. The maximum Gasteiger partial charge on any atom is 0.302 e. The lowest BCUT2D eigenvalue weighted by atomic mass is 10.1. The molecule has 1 N–H and O–H groups in total. The monoisotopic (exact) mass is 210 g/mol. The lowest BCUT2D eigenvalue weighted by molar-refractivity contribution is 0.155. The zero-order chi connectivity index (χ0) is 10.3. The quantitative estimate of drug-likeness (QED) is 0.510. The molecule has 13 heavy (non-hydrogen) atoms. The van der Waals surface area contributed by atoms with Gasteiger partial charge in [0.25, 0.3) is 0 Å². The first-order valence-corrected chi connectivity index (χ1v) is 5.72. The van der Waals surface area contributed by atoms with Crippen LogP contribution in [-0.4, -0.2) is 25.4 Å². The zero-order valence-corrected chi connectivity index (χ0v) is 8.26. The molecule has 0 rings (SSSR count). The van der Waals surface area contributed by atoms with Crippen LogP contribution < -0.4 is 0 Å². The highest BCUT2D eigenvalue weighted by atomic mass is 32.3. The molecule has 0 amide bonds. The largest absolute Gasteiger partial charge is 0.393 e. The maximum atomic E-state index is 12.0. The Morgan fingerprint density at radius 3 is 2.54 bits per heavy atom. The molecule has 5 heteroatoms. The van der Waals surface area contributed by atoms with Crippen molar-refractivity contribution in [1.82, 2.24) is 0 Å². The third-order valence-electron chi connectivity index (χ3n) is 1.63. The summed E-state index contributed by atoms with van der Waals surface area (Å²) in [6, 6.07) is 0. The van der Waals surface area contributed by atoms with E-state index in [1.807, 2.05) is 0 Å². The fourth-order valence-electron chi connectivity index (χ4n) is 0.946. The second-order valence-corrected chi connectivity index (χ2v) is 4.39. The Balaban J connectivity index is 3.47. The molecule has 0 radical (unpaired) electrons. The van der Waals surface area contributed by atoms with Crippen molar-refractivity contribution in [3.05, 3.63) is 12.7 Å². The highest BCUT2D eigenvalue weighted by Crippen LogP contribution is 2.07. The molecule has 1 atom stereocenters. The number of aliphatic hydroxyl groups excluding tert-OH is 1. The number of halogens is 1. The molecule has 0 aromatic heterocycles. The summed E-state index contributed by atoms with van der Waals surface area (Å²) < 4.78 is 32.1. The third-order valence-corrected chi connectivity index (χ3v) is 2.41. The smallest absolute Gasteiger partial charge is 0.302 e. The Hall–Kier alpha value is -0.420. The molecule has 0 fully saturated rings. The highest BCUT2D eigenvalue weighted by molar-refractivity contribution is 7.86. The molecular weight excluding hydrogens is 195 g/mol. The average molecular weight is 210 g/mol. The van der Waals surface area contributed by atoms with Crippen molar-refractivity contribution in [2.24, 2.45) is 0 Å². The molecule has 0 saturated carbocycles. The van der Waals surface area contributed by atoms with Gasteiger partial charge in [0, 0.05) is 0 Å². The maximum absolute atomic E-state index is 12.0. The highest BCUT2D eigenvalue weighted by Gasteiger charge is 2.09. The molecule has 0 aromatic rings. The molecule has 0 bridgehead atoms. The molecule has 3 nitrogen and oxygen atoms in total. The Kier molecular flexibility index (Phi) is 5.90. The van der Waals surface area contributed by atoms with Crippen LogP contribution in [0, 0.1) is 0 Å². The van der Waals surface area contributed by atoms with E-state index in [-0.39, 0.29) is 6.42 Å². The standard InChI is InChI=1S/C8H15FO3S/c1-2-3-5-8(10)6-4-7-13(9,11)12/h2,8,10H,1,3-7H2. The minimum Gasteiger partial charge on any atom is -0.393 e. The summed E-state index contributed by atoms with van der Waals surface area (Å²) in [4.78, 5) is 0. The van der Waals surface area contributed by atoms with E-state index in [4.69, 9.17) is 0 Å². The van der Waals surface area contributed by atoms with Gasteiger partial charge in [-0.1, -0.05) is 6.08 Å². The van der Waals surface area contributed by atoms with Gasteiger partial charge >= 0.3 is 10.2 Å². The SMILES string of the molecule is C=CCCC(O)CCCS(=O)(=O)F. The van der Waals surface area contributed by atoms with Gasteiger partial charge in [-0.25, -0.2) is 0 Å². The summed E-state index contributed by atoms with van der Waals surface area (Å²) in [6.07, 6.45) is 2.84. The number of hydrogen-bond acceptors (Lipinski definition) is 3. The second-order valence-electron chi connectivity index (χ2n) is 2.91. The first-order valence-electron chi connectivity index (χ1n) is 4.17. The predicted molar refractivity (Wildman–Crippen MR) is 49.6 cm³/mol. The lowest BCUT2D eigenvalue weighted by Crippen LogP contribution is -2.08. The van der Waals surface area contributed by atoms with Gasteiger partial charge in [-0.3, -0.25) is 0 Å². The Morgan fingerprint density at radius 2 is 2.08 bits per heavy atom. The van der Waals surface area contributed by atoms with Crippen LogP contribution in [0.1, 0.15) is 25.7 Å². The van der Waals surface area contributed by atoms with Crippen molar-refractivity contribution in [3.8, 4) is 0 Å². The summed E-state index contributed by atoms with van der Waals surface area (Å²) in [7, 11) is -4.37. The van der Waals surface area contributed by atoms with E-state index in [9.17, 15) is 17.4 Å². The lowest BCUT2D eigenvalue weighted by Gasteiger charge is -2.06. The Bertz CT molecular complexity index is 236. The van der Waals surface area contributed by atoms with Crippen LogP contribution in [0.15, 0.2) is 12.7 Å². The molecule has 78 valence electrons. The Labute approximate surface area is 78.5 Å². The van der Waals surface area contributed by atoms with Crippen molar-refractivity contribution < 1.29 is 17.4 Å². The van der Waals surface area contributed by atoms with Crippen LogP contribution in [0.4, 0.5) is 3.89 Å². The predicted octanol–water partition coefficient (Wildman–Crippen LogP) is 1.39. The van der Waals surface area contributed by atoms with Gasteiger partial charge in [0.05, 0.1) is 11.9 Å². The zero-order valence-electron chi connectivity index (χ0n) is 7.45. The van der Waals surface area contributed by atoms with Gasteiger partial charge in [0.15, 0.2) is 0 Å². The summed E-state index contributed by atoms with van der Waals surface area (Å²) in [5.41, 5.74) is 0. The van der Waals surface area contributed by atoms with Gasteiger partial charge in [0.2, 0.25) is 0 Å². The number of hydrogen-bond donors (Lipinski definition) is 1. The van der Waals surface area contributed by atoms with E-state index < -0.39 is 22.1 Å². The van der Waals surface area contributed by atoms with Crippen LogP contribution >= 0.6 is 0 Å². The molecule has 0 aliphatic carbocycles. The van der Waals surface area contributed by atoms with E-state index in [0.717, 1.165) is 0 Å². The molecule has 0 aromatic carbocycles. The molecule has 1 unspecified atom stereocenters. The third kappa shape index (κ3) is 9.49. The normalized spacial score (nSPS) is 14.0. The van der Waals surface area contributed by atoms with Crippen LogP contribution in [0.3, 0.4) is 0 Å². The fourth-order valence-corrected chi connectivity index (χ4v) is 1.46. The Morgan fingerprint density at radius 1 is 1.46 bits per heavy atom. The average Bonchev–Trinajstić information content (AvgIpc) is 1.98. The summed E-state index contributed by atoms with van der Waals surface area (Å²) in [5.74, 6) is -0.502. The molecule has 0 aliphatic rings. The molecule has 0 spiro atoms. The first kappa shape index (κ1) is 12.6. The van der Waals surface area contributed by atoms with Crippen LogP contribution in [0.25, 0.3) is 0 Å². The second kappa shape index (κ2) is 6.10. The van der Waals surface area contributed by atoms with Crippen molar-refractivity contribution in [2.45, 2.75) is 31.8 Å². The topological polar surface area (TPSA) is 54.4 Å². The minimum absolute atomic E-state index is 0.164. The van der Waals surface area contributed by atoms with Gasteiger partial charge in [-0.05, 0) is 25.7 Å². The molecular formula is C8H15FO3S. The number of aliphatic hydroxyl groups is 1. The van der Waals surface area contributed by atoms with Crippen molar-refractivity contribution in [2.75, 3.05) is 5.75 Å². The van der Waals surface area contributed by atoms with E-state index in [1.54, 1.807) is 6.08 Å². The fraction of sp³-hybridized carbons (Fsp3) is 0.750. The number of allylic oxidation sites excluding steroid dienone is 1. The molecule has 0 saturated heterocycles. The van der Waals surface area contributed by atoms with E-state index in [2.05, 4.69) is 6.58 Å². The van der Waals surface area contributed by atoms with Gasteiger partial charge in [0.1, 0.15) is 0 Å². The number of rotatable bonds is 7. The van der Waals surface area contributed by atoms with E-state index >= 15 is 0 Å². The van der Waals surface area contributed by atoms with Crippen LogP contribution in [0.5, 0.6) is 0 Å². The van der Waals surface area contributed by atoms with E-state index in [1.165, 1.54) is 0 Å². The van der Waals surface area contributed by atoms with Crippen molar-refractivity contribution in [1.29, 1.82) is 0 Å².